The molecule has 2 rings (SSSR count). The number of Topliss-reactive ketones (excluding diaryl/α,β-unsaturated/α-hetero) is 1. The lowest BCUT2D eigenvalue weighted by Crippen LogP contribution is -2.38. The van der Waals surface area contributed by atoms with Gasteiger partial charge in [-0.15, -0.1) is 0 Å². The Kier molecular flexibility index (Phi) is 3.81. The first-order chi connectivity index (χ1) is 8.56. The van der Waals surface area contributed by atoms with Gasteiger partial charge < -0.3 is 9.88 Å². The number of rotatable bonds is 6. The molecule has 5 heteroatoms. The number of likely N-dealkylation sites (N-methyl/N-ethyl adjacent to an activating group) is 1. The van der Waals surface area contributed by atoms with Crippen molar-refractivity contribution in [2.45, 2.75) is 18.9 Å². The van der Waals surface area contributed by atoms with Gasteiger partial charge in [-0.1, -0.05) is 0 Å². The summed E-state index contributed by atoms with van der Waals surface area (Å²) in [6.07, 6.45) is 4.00. The summed E-state index contributed by atoms with van der Waals surface area (Å²) in [5.74, 6) is 0.0314. The zero-order valence-corrected chi connectivity index (χ0v) is 10.8. The highest BCUT2D eigenvalue weighted by atomic mass is 16.2. The van der Waals surface area contributed by atoms with Gasteiger partial charge in [-0.2, -0.15) is 0 Å². The average molecular weight is 249 g/mol. The minimum Gasteiger partial charge on any atom is -0.352 e. The van der Waals surface area contributed by atoms with Crippen LogP contribution in [0.5, 0.6) is 0 Å². The molecule has 5 nitrogen and oxygen atoms in total. The van der Waals surface area contributed by atoms with Crippen LogP contribution in [0.2, 0.25) is 0 Å². The van der Waals surface area contributed by atoms with Crippen molar-refractivity contribution < 1.29 is 9.59 Å². The molecule has 1 amide bonds. The highest BCUT2D eigenvalue weighted by Crippen LogP contribution is 2.18. The van der Waals surface area contributed by atoms with Gasteiger partial charge in [-0.05, 0) is 32.0 Å². The van der Waals surface area contributed by atoms with E-state index in [1.807, 2.05) is 19.3 Å². The van der Waals surface area contributed by atoms with Crippen LogP contribution >= 0.6 is 0 Å². The molecule has 1 aliphatic rings. The second-order valence-electron chi connectivity index (χ2n) is 4.94. The molecular weight excluding hydrogens is 230 g/mol. The van der Waals surface area contributed by atoms with E-state index in [-0.39, 0.29) is 24.8 Å². The zero-order valence-electron chi connectivity index (χ0n) is 10.8. The molecule has 1 aromatic heterocycles. The largest absolute Gasteiger partial charge is 0.352 e. The standard InChI is InChI=1S/C13H19N3O2/c1-15(9-13(18)14-10-5-6-10)8-12(17)11-4-3-7-16(11)2/h3-4,7,10H,5-6,8-9H2,1-2H3,(H,14,18). The number of aromatic nitrogens is 1. The maximum atomic E-state index is 12.0. The minimum atomic E-state index is -0.000295. The molecule has 0 unspecified atom stereocenters. The van der Waals surface area contributed by atoms with E-state index in [0.717, 1.165) is 12.8 Å². The first kappa shape index (κ1) is 12.8. The normalized spacial score (nSPS) is 14.8. The van der Waals surface area contributed by atoms with Gasteiger partial charge in [-0.3, -0.25) is 14.5 Å². The molecule has 0 saturated heterocycles. The van der Waals surface area contributed by atoms with Crippen LogP contribution in [-0.4, -0.2) is 47.3 Å². The van der Waals surface area contributed by atoms with E-state index in [0.29, 0.717) is 11.7 Å². The Hall–Kier alpha value is -1.62. The predicted molar refractivity (Wildman–Crippen MR) is 68.4 cm³/mol. The van der Waals surface area contributed by atoms with Crippen molar-refractivity contribution in [3.05, 3.63) is 24.0 Å². The maximum absolute atomic E-state index is 12.0. The second kappa shape index (κ2) is 5.35. The van der Waals surface area contributed by atoms with Gasteiger partial charge in [0.05, 0.1) is 18.8 Å². The van der Waals surface area contributed by atoms with E-state index in [2.05, 4.69) is 5.32 Å². The molecule has 1 aliphatic carbocycles. The fourth-order valence-electron chi connectivity index (χ4n) is 1.88. The van der Waals surface area contributed by atoms with Crippen molar-refractivity contribution >= 4 is 11.7 Å². The Morgan fingerprint density at radius 2 is 2.17 bits per heavy atom. The van der Waals surface area contributed by atoms with Crippen LogP contribution < -0.4 is 5.32 Å². The molecule has 0 spiro atoms. The van der Waals surface area contributed by atoms with E-state index >= 15 is 0 Å². The van der Waals surface area contributed by atoms with Crippen LogP contribution in [-0.2, 0) is 11.8 Å². The SMILES string of the molecule is CN(CC(=O)NC1CC1)CC(=O)c1cccn1C. The molecular formula is C13H19N3O2. The smallest absolute Gasteiger partial charge is 0.234 e. The first-order valence-corrected chi connectivity index (χ1v) is 6.18. The molecule has 98 valence electrons. The summed E-state index contributed by atoms with van der Waals surface area (Å²) >= 11 is 0. The lowest BCUT2D eigenvalue weighted by molar-refractivity contribution is -0.121. The van der Waals surface area contributed by atoms with Gasteiger partial charge in [0.25, 0.3) is 0 Å². The zero-order chi connectivity index (χ0) is 13.1. The monoisotopic (exact) mass is 249 g/mol. The summed E-state index contributed by atoms with van der Waals surface area (Å²) in [5, 5.41) is 2.91. The van der Waals surface area contributed by atoms with Gasteiger partial charge in [-0.25, -0.2) is 0 Å². The number of carbonyl (C=O) groups is 2. The molecule has 1 saturated carbocycles. The van der Waals surface area contributed by atoms with Crippen molar-refractivity contribution in [2.24, 2.45) is 7.05 Å². The minimum absolute atomic E-state index is 0.000295. The maximum Gasteiger partial charge on any atom is 0.234 e. The predicted octanol–water partition coefficient (Wildman–Crippen LogP) is 0.418. The number of hydrogen-bond acceptors (Lipinski definition) is 3. The highest BCUT2D eigenvalue weighted by Gasteiger charge is 2.23. The van der Waals surface area contributed by atoms with Crippen LogP contribution in [0.25, 0.3) is 0 Å². The summed E-state index contributed by atoms with van der Waals surface area (Å²) in [6, 6.07) is 4.00. The molecule has 0 aromatic carbocycles. The van der Waals surface area contributed by atoms with Crippen molar-refractivity contribution in [1.29, 1.82) is 0 Å². The van der Waals surface area contributed by atoms with E-state index in [1.165, 1.54) is 0 Å². The Morgan fingerprint density at radius 3 is 2.72 bits per heavy atom. The number of ketones is 1. The Bertz CT molecular complexity index is 449. The molecule has 0 aliphatic heterocycles. The quantitative estimate of drug-likeness (QED) is 0.743. The van der Waals surface area contributed by atoms with Crippen LogP contribution in [0.3, 0.4) is 0 Å². The van der Waals surface area contributed by atoms with E-state index < -0.39 is 0 Å². The van der Waals surface area contributed by atoms with Gasteiger partial charge in [0.1, 0.15) is 0 Å². The lowest BCUT2D eigenvalue weighted by Gasteiger charge is -2.15. The molecule has 0 atom stereocenters. The topological polar surface area (TPSA) is 54.3 Å². The first-order valence-electron chi connectivity index (χ1n) is 6.18. The highest BCUT2D eigenvalue weighted by molar-refractivity contribution is 5.96. The van der Waals surface area contributed by atoms with Crippen LogP contribution in [0.1, 0.15) is 23.3 Å². The number of nitrogens with zero attached hydrogens (tertiary/aromatic N) is 2. The van der Waals surface area contributed by atoms with Crippen molar-refractivity contribution in [2.75, 3.05) is 20.1 Å². The van der Waals surface area contributed by atoms with Gasteiger partial charge >= 0.3 is 0 Å². The van der Waals surface area contributed by atoms with E-state index in [4.69, 9.17) is 0 Å². The van der Waals surface area contributed by atoms with Crippen LogP contribution in [0.4, 0.5) is 0 Å². The van der Waals surface area contributed by atoms with E-state index in [1.54, 1.807) is 22.6 Å². The van der Waals surface area contributed by atoms with Gasteiger partial charge in [0.15, 0.2) is 5.78 Å². The molecule has 1 heterocycles. The van der Waals surface area contributed by atoms with Gasteiger partial charge in [0, 0.05) is 19.3 Å². The average Bonchev–Trinajstić information content (AvgIpc) is 2.97. The van der Waals surface area contributed by atoms with Crippen molar-refractivity contribution in [1.82, 2.24) is 14.8 Å². The third-order valence-electron chi connectivity index (χ3n) is 3.00. The fraction of sp³-hybridized carbons (Fsp3) is 0.538. The lowest BCUT2D eigenvalue weighted by atomic mass is 10.2. The number of amides is 1. The molecule has 0 radical (unpaired) electrons. The fourth-order valence-corrected chi connectivity index (χ4v) is 1.88. The molecule has 1 fully saturated rings. The summed E-state index contributed by atoms with van der Waals surface area (Å²) in [5.41, 5.74) is 0.671. The van der Waals surface area contributed by atoms with E-state index in [9.17, 15) is 9.59 Å². The summed E-state index contributed by atoms with van der Waals surface area (Å²) in [6.45, 7) is 0.530. The Balaban J connectivity index is 1.79. The molecule has 18 heavy (non-hydrogen) atoms. The van der Waals surface area contributed by atoms with Crippen molar-refractivity contribution in [3.63, 3.8) is 0 Å². The number of aryl methyl sites for hydroxylation is 1. The number of carbonyl (C=O) groups excluding carboxylic acids is 2. The third-order valence-corrected chi connectivity index (χ3v) is 3.00. The molecule has 1 N–H and O–H groups in total. The molecule has 1 aromatic rings. The third kappa shape index (κ3) is 3.43. The summed E-state index contributed by atoms with van der Waals surface area (Å²) < 4.78 is 1.79. The van der Waals surface area contributed by atoms with Crippen LogP contribution in [0.15, 0.2) is 18.3 Å². The van der Waals surface area contributed by atoms with Crippen LogP contribution in [0, 0.1) is 0 Å². The van der Waals surface area contributed by atoms with Gasteiger partial charge in [0.2, 0.25) is 5.91 Å². The number of hydrogen-bond donors (Lipinski definition) is 1. The summed E-state index contributed by atoms with van der Waals surface area (Å²) in [4.78, 5) is 25.3. The molecule has 0 bridgehead atoms. The summed E-state index contributed by atoms with van der Waals surface area (Å²) in [7, 11) is 3.63. The Labute approximate surface area is 107 Å². The second-order valence-corrected chi connectivity index (χ2v) is 4.94. The number of nitrogens with one attached hydrogen (secondary N) is 1. The van der Waals surface area contributed by atoms with Crippen molar-refractivity contribution in [3.8, 4) is 0 Å². The Morgan fingerprint density at radius 1 is 1.44 bits per heavy atom.